The fourth-order valence-electron chi connectivity index (χ4n) is 4.76. The molecule has 2 aromatic rings. The van der Waals surface area contributed by atoms with Gasteiger partial charge in [0.1, 0.15) is 11.4 Å². The van der Waals surface area contributed by atoms with Crippen LogP contribution in [0, 0.1) is 24.7 Å². The highest BCUT2D eigenvalue weighted by molar-refractivity contribution is 7.13. The minimum absolute atomic E-state index is 0.00905. The van der Waals surface area contributed by atoms with Crippen LogP contribution in [0.25, 0.3) is 0 Å². The number of hydrogen-bond donors (Lipinski definition) is 1. The molecule has 4 unspecified atom stereocenters. The van der Waals surface area contributed by atoms with Gasteiger partial charge in [-0.2, -0.15) is 0 Å². The summed E-state index contributed by atoms with van der Waals surface area (Å²) < 4.78 is 6.36. The Morgan fingerprint density at radius 1 is 1.44 bits per heavy atom. The van der Waals surface area contributed by atoms with E-state index >= 15 is 0 Å². The predicted octanol–water partition coefficient (Wildman–Crippen LogP) is 3.45. The summed E-state index contributed by atoms with van der Waals surface area (Å²) in [5.74, 6) is 1.20. The van der Waals surface area contributed by atoms with Crippen LogP contribution < -0.4 is 10.1 Å². The Balaban J connectivity index is 1.40. The first-order valence-corrected chi connectivity index (χ1v) is 9.49. The van der Waals surface area contributed by atoms with Gasteiger partial charge in [-0.1, -0.05) is 11.6 Å². The maximum Gasteiger partial charge on any atom is 0.230 e. The van der Waals surface area contributed by atoms with Crippen LogP contribution in [0.3, 0.4) is 0 Å². The van der Waals surface area contributed by atoms with Gasteiger partial charge in [0.05, 0.1) is 12.0 Å². The van der Waals surface area contributed by atoms with Gasteiger partial charge in [-0.3, -0.25) is 9.59 Å². The van der Waals surface area contributed by atoms with Crippen LogP contribution >= 0.6 is 11.3 Å². The summed E-state index contributed by atoms with van der Waals surface area (Å²) >= 11 is 1.42. The first-order valence-electron chi connectivity index (χ1n) is 8.61. The number of aromatic nitrogens is 1. The number of thiazole rings is 1. The Morgan fingerprint density at radius 3 is 3.12 bits per heavy atom. The topological polar surface area (TPSA) is 68.3 Å². The lowest BCUT2D eigenvalue weighted by atomic mass is 9.84. The van der Waals surface area contributed by atoms with Gasteiger partial charge in [0, 0.05) is 23.4 Å². The van der Waals surface area contributed by atoms with E-state index < -0.39 is 5.60 Å². The van der Waals surface area contributed by atoms with Crippen molar-refractivity contribution >= 4 is 28.2 Å². The minimum Gasteiger partial charge on any atom is -0.486 e. The number of nitrogens with zero attached hydrogens (tertiary/aromatic N) is 1. The number of carbonyl (C=O) groups excluding carboxylic acids is 2. The maximum atomic E-state index is 12.7. The van der Waals surface area contributed by atoms with E-state index in [0.29, 0.717) is 28.8 Å². The van der Waals surface area contributed by atoms with Crippen molar-refractivity contribution in [3.05, 3.63) is 40.9 Å². The molecule has 6 heteroatoms. The molecule has 1 aliphatic heterocycles. The van der Waals surface area contributed by atoms with Crippen LogP contribution in [0.1, 0.15) is 35.2 Å². The molecule has 5 nitrogen and oxygen atoms in total. The van der Waals surface area contributed by atoms with Crippen LogP contribution in [0.4, 0.5) is 5.13 Å². The number of fused-ring (bicyclic) bond motifs is 3. The number of benzene rings is 1. The van der Waals surface area contributed by atoms with Crippen molar-refractivity contribution < 1.29 is 14.3 Å². The van der Waals surface area contributed by atoms with Crippen LogP contribution in [0.5, 0.6) is 5.75 Å². The molecule has 1 aromatic heterocycles. The molecule has 2 aliphatic carbocycles. The molecule has 2 saturated carbocycles. The molecule has 0 radical (unpaired) electrons. The Labute approximate surface area is 149 Å². The third-order valence-corrected chi connectivity index (χ3v) is 6.54. The zero-order chi connectivity index (χ0) is 17.2. The first-order chi connectivity index (χ1) is 12.1. The van der Waals surface area contributed by atoms with Crippen molar-refractivity contribution in [1.29, 1.82) is 0 Å². The van der Waals surface area contributed by atoms with Crippen LogP contribution in [0.15, 0.2) is 29.8 Å². The average Bonchev–Trinajstić information content (AvgIpc) is 2.91. The van der Waals surface area contributed by atoms with E-state index in [-0.39, 0.29) is 23.5 Å². The number of rotatable bonds is 2. The molecule has 2 heterocycles. The maximum absolute atomic E-state index is 12.7. The van der Waals surface area contributed by atoms with Crippen LogP contribution in [-0.2, 0) is 4.79 Å². The van der Waals surface area contributed by atoms with Crippen LogP contribution in [-0.4, -0.2) is 22.3 Å². The zero-order valence-corrected chi connectivity index (χ0v) is 14.6. The Morgan fingerprint density at radius 2 is 2.32 bits per heavy atom. The summed E-state index contributed by atoms with van der Waals surface area (Å²) in [5, 5.41) is 5.37. The highest BCUT2D eigenvalue weighted by atomic mass is 32.1. The molecule has 128 valence electrons. The number of hydrogen-bond acceptors (Lipinski definition) is 5. The average molecular weight is 354 g/mol. The van der Waals surface area contributed by atoms with Crippen molar-refractivity contribution in [1.82, 2.24) is 4.98 Å². The third kappa shape index (κ3) is 2.24. The van der Waals surface area contributed by atoms with Gasteiger partial charge >= 0.3 is 0 Å². The third-order valence-electron chi connectivity index (χ3n) is 5.85. The van der Waals surface area contributed by atoms with Gasteiger partial charge in [-0.05, 0) is 37.8 Å². The number of anilines is 1. The van der Waals surface area contributed by atoms with Gasteiger partial charge in [0.2, 0.25) is 5.91 Å². The number of ether oxygens (including phenoxy) is 1. The predicted molar refractivity (Wildman–Crippen MR) is 93.9 cm³/mol. The number of carbonyl (C=O) groups is 2. The zero-order valence-electron chi connectivity index (χ0n) is 13.8. The lowest BCUT2D eigenvalue weighted by molar-refractivity contribution is -0.119. The van der Waals surface area contributed by atoms with Crippen molar-refractivity contribution in [2.45, 2.75) is 31.8 Å². The molecule has 4 atom stereocenters. The molecule has 1 N–H and O–H groups in total. The molecule has 25 heavy (non-hydrogen) atoms. The van der Waals surface area contributed by atoms with E-state index in [1.54, 1.807) is 6.20 Å². The van der Waals surface area contributed by atoms with Gasteiger partial charge in [-0.15, -0.1) is 11.3 Å². The molecule has 0 saturated heterocycles. The molecule has 5 rings (SSSR count). The normalized spacial score (nSPS) is 32.0. The summed E-state index contributed by atoms with van der Waals surface area (Å²) in [4.78, 5) is 29.4. The summed E-state index contributed by atoms with van der Waals surface area (Å²) in [6, 6.07) is 5.76. The highest BCUT2D eigenvalue weighted by Gasteiger charge is 2.70. The summed E-state index contributed by atoms with van der Waals surface area (Å²) in [6.45, 7) is 1.98. The standard InChI is InChI=1S/C19H18N2O3S/c1-10-2-3-14-12(8-10)13(22)9-19(24-14)5-4-11-15(16(11)19)17(23)21-18-20-6-7-25-18/h2-3,6-8,11,15-16H,4-5,9H2,1H3,(H,20,21,23). The van der Waals surface area contributed by atoms with E-state index in [1.165, 1.54) is 11.3 Å². The first kappa shape index (κ1) is 15.1. The fourth-order valence-corrected chi connectivity index (χ4v) is 5.29. The summed E-state index contributed by atoms with van der Waals surface area (Å²) in [7, 11) is 0. The SMILES string of the molecule is Cc1ccc2c(c1)C(=O)CC1(CCC3C(C(=O)Nc4nccs4)C31)O2. The van der Waals surface area contributed by atoms with Crippen molar-refractivity contribution in [2.24, 2.45) is 17.8 Å². The second-order valence-corrected chi connectivity index (χ2v) is 8.24. The number of amides is 1. The van der Waals surface area contributed by atoms with E-state index in [0.717, 1.165) is 18.4 Å². The van der Waals surface area contributed by atoms with E-state index in [2.05, 4.69) is 10.3 Å². The Hall–Kier alpha value is -2.21. The molecule has 1 amide bonds. The van der Waals surface area contributed by atoms with E-state index in [4.69, 9.17) is 4.74 Å². The van der Waals surface area contributed by atoms with Gasteiger partial charge < -0.3 is 10.1 Å². The minimum atomic E-state index is -0.505. The number of nitrogens with one attached hydrogen (secondary N) is 1. The molecule has 0 bridgehead atoms. The molecule has 3 aliphatic rings. The largest absolute Gasteiger partial charge is 0.486 e. The molecule has 1 spiro atoms. The lowest BCUT2D eigenvalue weighted by Crippen LogP contribution is -2.44. The van der Waals surface area contributed by atoms with Gasteiger partial charge in [0.25, 0.3) is 0 Å². The quantitative estimate of drug-likeness (QED) is 0.897. The monoisotopic (exact) mass is 354 g/mol. The Kier molecular flexibility index (Phi) is 3.10. The number of Topliss-reactive ketones (excluding diaryl/α,β-unsaturated/α-hetero) is 1. The second kappa shape index (κ2) is 5.14. The molecular weight excluding hydrogens is 336 g/mol. The van der Waals surface area contributed by atoms with E-state index in [9.17, 15) is 9.59 Å². The van der Waals surface area contributed by atoms with Crippen LogP contribution in [0.2, 0.25) is 0 Å². The summed E-state index contributed by atoms with van der Waals surface area (Å²) in [5.41, 5.74) is 1.23. The van der Waals surface area contributed by atoms with Gasteiger partial charge in [0.15, 0.2) is 10.9 Å². The van der Waals surface area contributed by atoms with Gasteiger partial charge in [-0.25, -0.2) is 4.98 Å². The molecular formula is C19H18N2O3S. The van der Waals surface area contributed by atoms with Crippen molar-refractivity contribution in [2.75, 3.05) is 5.32 Å². The Bertz CT molecular complexity index is 879. The number of ketones is 1. The molecule has 2 fully saturated rings. The van der Waals surface area contributed by atoms with Crippen molar-refractivity contribution in [3.63, 3.8) is 0 Å². The second-order valence-electron chi connectivity index (χ2n) is 7.35. The number of aryl methyl sites for hydroxylation is 1. The highest BCUT2D eigenvalue weighted by Crippen LogP contribution is 2.65. The molecule has 1 aromatic carbocycles. The van der Waals surface area contributed by atoms with Crippen molar-refractivity contribution in [3.8, 4) is 5.75 Å². The summed E-state index contributed by atoms with van der Waals surface area (Å²) in [6.07, 6.45) is 3.85. The fraction of sp³-hybridized carbons (Fsp3) is 0.421. The lowest BCUT2D eigenvalue weighted by Gasteiger charge is -2.37. The smallest absolute Gasteiger partial charge is 0.230 e. The van der Waals surface area contributed by atoms with E-state index in [1.807, 2.05) is 30.5 Å².